The number of ether oxygens (including phenoxy) is 1. The minimum atomic E-state index is -1.45. The van der Waals surface area contributed by atoms with Crippen LogP contribution in [0.4, 0.5) is 0 Å². The third kappa shape index (κ3) is 2.93. The van der Waals surface area contributed by atoms with Crippen LogP contribution in [0, 0.1) is 0 Å². The fourth-order valence-electron chi connectivity index (χ4n) is 1.22. The Morgan fingerprint density at radius 1 is 1.65 bits per heavy atom. The molecule has 17 heavy (non-hydrogen) atoms. The number of rotatable bonds is 4. The molecule has 0 aromatic carbocycles. The van der Waals surface area contributed by atoms with Crippen LogP contribution >= 0.6 is 11.3 Å². The average Bonchev–Trinajstić information content (AvgIpc) is 2.72. The van der Waals surface area contributed by atoms with E-state index < -0.39 is 17.1 Å². The Hall–Kier alpha value is -1.18. The normalized spacial score (nSPS) is 12.6. The summed E-state index contributed by atoms with van der Waals surface area (Å²) in [6.07, 6.45) is 1.63. The molecule has 90 valence electrons. The molecule has 1 atom stereocenters. The lowest BCUT2D eigenvalue weighted by molar-refractivity contribution is -0.139. The van der Waals surface area contributed by atoms with Crippen molar-refractivity contribution in [1.29, 1.82) is 0 Å². The Morgan fingerprint density at radius 2 is 2.47 bits per heavy atom. The van der Waals surface area contributed by atoms with E-state index in [9.17, 15) is 9.35 Å². The van der Waals surface area contributed by atoms with Crippen LogP contribution in [0.2, 0.25) is 0 Å². The fraction of sp³-hybridized carbons (Fsp3) is 0.300. The minimum absolute atomic E-state index is 0.159. The van der Waals surface area contributed by atoms with Crippen LogP contribution in [-0.4, -0.2) is 32.8 Å². The van der Waals surface area contributed by atoms with Gasteiger partial charge in [0.05, 0.1) is 11.3 Å². The van der Waals surface area contributed by atoms with Crippen molar-refractivity contribution in [3.63, 3.8) is 0 Å². The molecule has 2 aromatic heterocycles. The number of carbonyl (C=O) groups excluding carboxylic acids is 1. The Kier molecular flexibility index (Phi) is 3.93. The molecule has 0 amide bonds. The predicted molar refractivity (Wildman–Crippen MR) is 65.3 cm³/mol. The fourth-order valence-corrected chi connectivity index (χ4v) is 3.30. The second-order valence-electron chi connectivity index (χ2n) is 3.10. The summed E-state index contributed by atoms with van der Waals surface area (Å²) in [5.74, 6) is -0.633. The Morgan fingerprint density at radius 3 is 3.18 bits per heavy atom. The van der Waals surface area contributed by atoms with Crippen molar-refractivity contribution in [1.82, 2.24) is 9.97 Å². The quantitative estimate of drug-likeness (QED) is 0.619. The number of aromatic nitrogens is 2. The first kappa shape index (κ1) is 12.3. The molecule has 2 heterocycles. The average molecular weight is 270 g/mol. The molecule has 7 heteroatoms. The molecule has 2 aromatic rings. The third-order valence-electron chi connectivity index (χ3n) is 1.89. The van der Waals surface area contributed by atoms with Gasteiger partial charge in [-0.05, 0) is 19.1 Å². The summed E-state index contributed by atoms with van der Waals surface area (Å²) in [5.41, 5.74) is 0.560. The van der Waals surface area contributed by atoms with E-state index in [2.05, 4.69) is 9.97 Å². The zero-order valence-electron chi connectivity index (χ0n) is 9.08. The maximum absolute atomic E-state index is 11.8. The van der Waals surface area contributed by atoms with Crippen molar-refractivity contribution >= 4 is 38.8 Å². The zero-order chi connectivity index (χ0) is 12.3. The van der Waals surface area contributed by atoms with Gasteiger partial charge in [0, 0.05) is 17.4 Å². The number of hydrogen-bond donors (Lipinski definition) is 0. The molecule has 0 saturated carbocycles. The van der Waals surface area contributed by atoms with Crippen LogP contribution in [0.1, 0.15) is 6.92 Å². The number of esters is 1. The molecule has 2 rings (SSSR count). The van der Waals surface area contributed by atoms with E-state index in [1.165, 1.54) is 11.3 Å². The molecule has 0 radical (unpaired) electrons. The van der Waals surface area contributed by atoms with E-state index in [1.807, 2.05) is 6.07 Å². The summed E-state index contributed by atoms with van der Waals surface area (Å²) in [6.45, 7) is 2.00. The number of fused-ring (bicyclic) bond motifs is 1. The summed E-state index contributed by atoms with van der Waals surface area (Å²) in [6, 6.07) is 3.64. The standard InChI is InChI=1S/C10H10N2O3S2/c1-2-15-8(13)6-17(14)10-12-9-7(16-10)4-3-5-11-9/h3-5H,2,6H2,1H3. The number of hydrogen-bond acceptors (Lipinski definition) is 6. The topological polar surface area (TPSA) is 75.1 Å². The van der Waals surface area contributed by atoms with Gasteiger partial charge >= 0.3 is 10.3 Å². The predicted octanol–water partition coefficient (Wildman–Crippen LogP) is 1.36. The van der Waals surface area contributed by atoms with Crippen LogP contribution in [0.5, 0.6) is 0 Å². The molecule has 0 spiro atoms. The molecular weight excluding hydrogens is 260 g/mol. The summed E-state index contributed by atoms with van der Waals surface area (Å²) in [7, 11) is 0. The van der Waals surface area contributed by atoms with Gasteiger partial charge in [0.1, 0.15) is 0 Å². The molecule has 0 fully saturated rings. The molecular formula is C10H10N2O3S2. The lowest BCUT2D eigenvalue weighted by Crippen LogP contribution is -2.18. The van der Waals surface area contributed by atoms with Gasteiger partial charge in [0.2, 0.25) is 5.75 Å². The second-order valence-corrected chi connectivity index (χ2v) is 5.76. The van der Waals surface area contributed by atoms with E-state index in [1.54, 1.807) is 19.2 Å². The van der Waals surface area contributed by atoms with Crippen LogP contribution < -0.4 is 0 Å². The number of thiazole rings is 1. The van der Waals surface area contributed by atoms with Gasteiger partial charge in [-0.25, -0.2) is 9.78 Å². The van der Waals surface area contributed by atoms with Crippen molar-refractivity contribution in [2.45, 2.75) is 11.3 Å². The monoisotopic (exact) mass is 270 g/mol. The lowest BCUT2D eigenvalue weighted by atomic mass is 10.5. The first-order valence-electron chi connectivity index (χ1n) is 4.96. The van der Waals surface area contributed by atoms with Crippen molar-refractivity contribution < 1.29 is 14.1 Å². The highest BCUT2D eigenvalue weighted by Gasteiger charge is 2.21. The van der Waals surface area contributed by atoms with Gasteiger partial charge in [-0.2, -0.15) is 4.98 Å². The first-order valence-corrected chi connectivity index (χ1v) is 7.10. The minimum Gasteiger partial charge on any atom is -0.609 e. The van der Waals surface area contributed by atoms with Crippen LogP contribution in [-0.2, 0) is 20.7 Å². The van der Waals surface area contributed by atoms with E-state index in [0.29, 0.717) is 9.99 Å². The highest BCUT2D eigenvalue weighted by atomic mass is 32.2. The molecule has 1 unspecified atom stereocenters. The Bertz CT molecular complexity index is 496. The molecule has 0 saturated heterocycles. The van der Waals surface area contributed by atoms with E-state index >= 15 is 0 Å². The van der Waals surface area contributed by atoms with Crippen LogP contribution in [0.25, 0.3) is 10.3 Å². The van der Waals surface area contributed by atoms with Crippen molar-refractivity contribution in [2.24, 2.45) is 0 Å². The molecule has 0 bridgehead atoms. The van der Waals surface area contributed by atoms with Gasteiger partial charge in [-0.1, -0.05) is 11.3 Å². The van der Waals surface area contributed by atoms with Gasteiger partial charge in [-0.3, -0.25) is 0 Å². The summed E-state index contributed by atoms with van der Waals surface area (Å²) in [4.78, 5) is 19.4. The zero-order valence-corrected chi connectivity index (χ0v) is 10.7. The van der Waals surface area contributed by atoms with Crippen LogP contribution in [0.3, 0.4) is 0 Å². The van der Waals surface area contributed by atoms with E-state index in [0.717, 1.165) is 4.70 Å². The Labute approximate surface area is 105 Å². The van der Waals surface area contributed by atoms with Gasteiger partial charge in [0.15, 0.2) is 5.65 Å². The Balaban J connectivity index is 2.13. The molecule has 0 aliphatic heterocycles. The van der Waals surface area contributed by atoms with Crippen LogP contribution in [0.15, 0.2) is 22.7 Å². The summed E-state index contributed by atoms with van der Waals surface area (Å²) in [5, 5.41) is 0. The molecule has 0 N–H and O–H groups in total. The molecule has 5 nitrogen and oxygen atoms in total. The largest absolute Gasteiger partial charge is 0.609 e. The maximum atomic E-state index is 11.8. The van der Waals surface area contributed by atoms with Crippen molar-refractivity contribution in [3.8, 4) is 0 Å². The summed E-state index contributed by atoms with van der Waals surface area (Å²) >= 11 is -0.171. The van der Waals surface area contributed by atoms with E-state index in [4.69, 9.17) is 4.74 Å². The van der Waals surface area contributed by atoms with E-state index in [-0.39, 0.29) is 12.4 Å². The van der Waals surface area contributed by atoms with Crippen molar-refractivity contribution in [2.75, 3.05) is 12.4 Å². The highest BCUT2D eigenvalue weighted by Crippen LogP contribution is 2.24. The molecule has 0 aliphatic carbocycles. The molecule has 0 aliphatic rings. The van der Waals surface area contributed by atoms with Crippen molar-refractivity contribution in [3.05, 3.63) is 18.3 Å². The van der Waals surface area contributed by atoms with Gasteiger partial charge in [0.25, 0.3) is 0 Å². The number of carbonyl (C=O) groups is 1. The first-order chi connectivity index (χ1) is 8.20. The second kappa shape index (κ2) is 5.44. The third-order valence-corrected chi connectivity index (χ3v) is 4.49. The maximum Gasteiger partial charge on any atom is 0.356 e. The summed E-state index contributed by atoms with van der Waals surface area (Å²) < 4.78 is 17.8. The smallest absolute Gasteiger partial charge is 0.356 e. The highest BCUT2D eigenvalue weighted by molar-refractivity contribution is 7.94. The van der Waals surface area contributed by atoms with Gasteiger partial charge < -0.3 is 9.29 Å². The van der Waals surface area contributed by atoms with Gasteiger partial charge in [-0.15, -0.1) is 0 Å². The SMILES string of the molecule is CCOC(=O)C[S+]([O-])c1nc2ncccc2s1. The number of nitrogens with zero attached hydrogens (tertiary/aromatic N) is 2. The number of pyridine rings is 1. The lowest BCUT2D eigenvalue weighted by Gasteiger charge is -2.05.